The number of nitrogens with zero attached hydrogens (tertiary/aromatic N) is 2. The van der Waals surface area contributed by atoms with Gasteiger partial charge < -0.3 is 9.47 Å². The van der Waals surface area contributed by atoms with Crippen LogP contribution in [0.25, 0.3) is 6.08 Å². The van der Waals surface area contributed by atoms with Crippen LogP contribution in [0.1, 0.15) is 31.0 Å². The predicted octanol–water partition coefficient (Wildman–Crippen LogP) is 3.67. The van der Waals surface area contributed by atoms with Crippen LogP contribution in [0.3, 0.4) is 0 Å². The summed E-state index contributed by atoms with van der Waals surface area (Å²) in [5.41, 5.74) is 3.40. The van der Waals surface area contributed by atoms with Crippen LogP contribution in [0.5, 0.6) is 5.75 Å². The topological polar surface area (TPSA) is 60.8 Å². The van der Waals surface area contributed by atoms with Gasteiger partial charge in [0.1, 0.15) is 5.75 Å². The van der Waals surface area contributed by atoms with Crippen molar-refractivity contribution in [2.24, 2.45) is 4.99 Å². The molecule has 1 aliphatic rings. The summed E-state index contributed by atoms with van der Waals surface area (Å²) >= 11 is 1.46. The molecule has 5 nitrogen and oxygen atoms in total. The van der Waals surface area contributed by atoms with Gasteiger partial charge in [0.15, 0.2) is 5.70 Å². The van der Waals surface area contributed by atoms with E-state index in [1.165, 1.54) is 11.3 Å². The number of ether oxygens (including phenoxy) is 2. The van der Waals surface area contributed by atoms with Crippen LogP contribution in [0.4, 0.5) is 0 Å². The van der Waals surface area contributed by atoms with Gasteiger partial charge in [-0.25, -0.2) is 14.8 Å². The van der Waals surface area contributed by atoms with Crippen molar-refractivity contribution < 1.29 is 14.3 Å². The van der Waals surface area contributed by atoms with Gasteiger partial charge in [0.25, 0.3) is 0 Å². The molecule has 0 atom stereocenters. The molecule has 23 heavy (non-hydrogen) atoms. The Morgan fingerprint density at radius 2 is 2.13 bits per heavy atom. The summed E-state index contributed by atoms with van der Waals surface area (Å²) in [6, 6.07) is 7.37. The lowest BCUT2D eigenvalue weighted by molar-refractivity contribution is -0.129. The number of thiazole rings is 1. The van der Waals surface area contributed by atoms with Gasteiger partial charge in [-0.15, -0.1) is 11.3 Å². The lowest BCUT2D eigenvalue weighted by Crippen LogP contribution is -2.05. The maximum absolute atomic E-state index is 11.9. The Morgan fingerprint density at radius 3 is 2.83 bits per heavy atom. The highest BCUT2D eigenvalue weighted by atomic mass is 32.1. The SMILES string of the molecule is CCCCOc1ccc(C2=NC(=Cc3cscn3)C(=O)O2)cc1. The first-order valence-corrected chi connectivity index (χ1v) is 8.34. The molecule has 1 aromatic carbocycles. The fraction of sp³-hybridized carbons (Fsp3) is 0.235. The third kappa shape index (κ3) is 3.84. The summed E-state index contributed by atoms with van der Waals surface area (Å²) in [6.07, 6.45) is 3.74. The van der Waals surface area contributed by atoms with E-state index in [4.69, 9.17) is 9.47 Å². The second kappa shape index (κ2) is 7.19. The number of aliphatic imine (C=N–C) groups is 1. The van der Waals surface area contributed by atoms with Crippen LogP contribution in [-0.2, 0) is 9.53 Å². The lowest BCUT2D eigenvalue weighted by Gasteiger charge is -2.05. The number of aromatic nitrogens is 1. The molecule has 0 fully saturated rings. The molecule has 2 heterocycles. The Hall–Kier alpha value is -2.47. The van der Waals surface area contributed by atoms with Crippen LogP contribution in [-0.4, -0.2) is 23.5 Å². The molecule has 1 aromatic heterocycles. The van der Waals surface area contributed by atoms with Crippen LogP contribution >= 0.6 is 11.3 Å². The van der Waals surface area contributed by atoms with E-state index in [1.807, 2.05) is 29.6 Å². The number of hydrogen-bond donors (Lipinski definition) is 0. The van der Waals surface area contributed by atoms with Gasteiger partial charge >= 0.3 is 5.97 Å². The van der Waals surface area contributed by atoms with Crippen LogP contribution in [0.2, 0.25) is 0 Å². The van der Waals surface area contributed by atoms with Crippen molar-refractivity contribution in [2.45, 2.75) is 19.8 Å². The zero-order valence-electron chi connectivity index (χ0n) is 12.7. The predicted molar refractivity (Wildman–Crippen MR) is 89.6 cm³/mol. The zero-order chi connectivity index (χ0) is 16.1. The highest BCUT2D eigenvalue weighted by Gasteiger charge is 2.24. The Balaban J connectivity index is 1.73. The average Bonchev–Trinajstić information content (AvgIpc) is 3.19. The van der Waals surface area contributed by atoms with Crippen LogP contribution < -0.4 is 4.74 Å². The van der Waals surface area contributed by atoms with Gasteiger partial charge in [-0.3, -0.25) is 0 Å². The lowest BCUT2D eigenvalue weighted by atomic mass is 10.2. The first kappa shape index (κ1) is 15.4. The summed E-state index contributed by atoms with van der Waals surface area (Å²) < 4.78 is 10.8. The van der Waals surface area contributed by atoms with Crippen LogP contribution in [0, 0.1) is 0 Å². The van der Waals surface area contributed by atoms with Crippen LogP contribution in [0.15, 0.2) is 45.8 Å². The monoisotopic (exact) mass is 328 g/mol. The maximum Gasteiger partial charge on any atom is 0.363 e. The molecule has 1 aliphatic heterocycles. The molecular weight excluding hydrogens is 312 g/mol. The standard InChI is InChI=1S/C17H16N2O3S/c1-2-3-8-21-14-6-4-12(5-7-14)16-19-15(17(20)22-16)9-13-10-23-11-18-13/h4-7,9-11H,2-3,8H2,1H3. The summed E-state index contributed by atoms with van der Waals surface area (Å²) in [5, 5.41) is 1.84. The number of benzene rings is 1. The highest BCUT2D eigenvalue weighted by molar-refractivity contribution is 7.07. The van der Waals surface area contributed by atoms with Gasteiger partial charge in [0, 0.05) is 10.9 Å². The van der Waals surface area contributed by atoms with E-state index in [0.717, 1.165) is 24.2 Å². The third-order valence-corrected chi connectivity index (χ3v) is 3.83. The number of cyclic esters (lactones) is 1. The summed E-state index contributed by atoms with van der Waals surface area (Å²) in [6.45, 7) is 2.82. The average molecular weight is 328 g/mol. The third-order valence-electron chi connectivity index (χ3n) is 3.22. The highest BCUT2D eigenvalue weighted by Crippen LogP contribution is 2.21. The second-order valence-corrected chi connectivity index (χ2v) is 5.69. The summed E-state index contributed by atoms with van der Waals surface area (Å²) in [5.74, 6) is 0.637. The fourth-order valence-electron chi connectivity index (χ4n) is 1.99. The molecule has 2 aromatic rings. The van der Waals surface area contributed by atoms with E-state index in [1.54, 1.807) is 11.6 Å². The van der Waals surface area contributed by atoms with E-state index in [9.17, 15) is 4.79 Å². The normalized spacial score (nSPS) is 15.6. The Bertz CT molecular complexity index is 734. The summed E-state index contributed by atoms with van der Waals surface area (Å²) in [7, 11) is 0. The molecule has 0 unspecified atom stereocenters. The van der Waals surface area contributed by atoms with Gasteiger partial charge in [-0.2, -0.15) is 0 Å². The van der Waals surface area contributed by atoms with E-state index >= 15 is 0 Å². The van der Waals surface area contributed by atoms with Gasteiger partial charge in [0.2, 0.25) is 5.90 Å². The van der Waals surface area contributed by atoms with E-state index in [2.05, 4.69) is 16.9 Å². The van der Waals surface area contributed by atoms with E-state index in [-0.39, 0.29) is 5.70 Å². The molecule has 0 saturated heterocycles. The zero-order valence-corrected chi connectivity index (χ0v) is 13.5. The number of unbranched alkanes of at least 4 members (excludes halogenated alkanes) is 1. The number of rotatable bonds is 6. The first-order valence-electron chi connectivity index (χ1n) is 7.40. The number of esters is 1. The molecule has 3 rings (SSSR count). The number of carbonyl (C=O) groups excluding carboxylic acids is 1. The molecule has 0 bridgehead atoms. The number of carbonyl (C=O) groups is 1. The second-order valence-electron chi connectivity index (χ2n) is 4.98. The van der Waals surface area contributed by atoms with Crippen molar-refractivity contribution in [3.05, 3.63) is 52.1 Å². The molecule has 0 aliphatic carbocycles. The van der Waals surface area contributed by atoms with Crippen molar-refractivity contribution in [1.82, 2.24) is 4.98 Å². The molecule has 0 saturated carbocycles. The van der Waals surface area contributed by atoms with Gasteiger partial charge in [-0.1, -0.05) is 13.3 Å². The van der Waals surface area contributed by atoms with Gasteiger partial charge in [-0.05, 0) is 36.8 Å². The van der Waals surface area contributed by atoms with Crippen molar-refractivity contribution in [3.63, 3.8) is 0 Å². The minimum Gasteiger partial charge on any atom is -0.494 e. The first-order chi connectivity index (χ1) is 11.3. The molecule has 0 spiro atoms. The van der Waals surface area contributed by atoms with Crippen molar-refractivity contribution in [2.75, 3.05) is 6.61 Å². The Morgan fingerprint density at radius 1 is 1.30 bits per heavy atom. The minimum atomic E-state index is -0.462. The Labute approximate surface area is 138 Å². The van der Waals surface area contributed by atoms with Crippen molar-refractivity contribution in [1.29, 1.82) is 0 Å². The molecule has 0 amide bonds. The summed E-state index contributed by atoms with van der Waals surface area (Å²) in [4.78, 5) is 20.2. The fourth-order valence-corrected chi connectivity index (χ4v) is 2.51. The molecule has 6 heteroatoms. The molecule has 118 valence electrons. The van der Waals surface area contributed by atoms with E-state index < -0.39 is 5.97 Å². The Kier molecular flexibility index (Phi) is 4.83. The quantitative estimate of drug-likeness (QED) is 0.461. The van der Waals surface area contributed by atoms with Crippen molar-refractivity contribution in [3.8, 4) is 5.75 Å². The largest absolute Gasteiger partial charge is 0.494 e. The minimum absolute atomic E-state index is 0.258. The van der Waals surface area contributed by atoms with Crippen molar-refractivity contribution >= 4 is 29.3 Å². The molecule has 0 radical (unpaired) electrons. The molecule has 0 N–H and O–H groups in total. The van der Waals surface area contributed by atoms with E-state index in [0.29, 0.717) is 18.2 Å². The smallest absolute Gasteiger partial charge is 0.363 e. The maximum atomic E-state index is 11.9. The molecular formula is C17H16N2O3S. The number of hydrogen-bond acceptors (Lipinski definition) is 6. The van der Waals surface area contributed by atoms with Gasteiger partial charge in [0.05, 0.1) is 17.8 Å².